The van der Waals surface area contributed by atoms with Crippen LogP contribution in [0.5, 0.6) is 0 Å². The van der Waals surface area contributed by atoms with Crippen molar-refractivity contribution >= 4 is 17.5 Å². The maximum atomic E-state index is 13.0. The van der Waals surface area contributed by atoms with Crippen LogP contribution in [0.15, 0.2) is 30.5 Å². The normalized spacial score (nSPS) is 14.3. The van der Waals surface area contributed by atoms with Crippen LogP contribution in [0, 0.1) is 31.0 Å². The van der Waals surface area contributed by atoms with E-state index in [9.17, 15) is 19.2 Å². The average molecular weight is 449 g/mol. The summed E-state index contributed by atoms with van der Waals surface area (Å²) in [6.45, 7) is 4.96. The number of hydrogen-bond donors (Lipinski definition) is 1. The van der Waals surface area contributed by atoms with Crippen molar-refractivity contribution in [2.24, 2.45) is 0 Å². The van der Waals surface area contributed by atoms with E-state index in [1.165, 1.54) is 30.5 Å². The predicted molar refractivity (Wildman–Crippen MR) is 119 cm³/mol. The molecule has 0 aliphatic carbocycles. The van der Waals surface area contributed by atoms with Gasteiger partial charge in [-0.05, 0) is 62.9 Å². The molecule has 2 amide bonds. The summed E-state index contributed by atoms with van der Waals surface area (Å²) in [5.41, 5.74) is 4.03. The molecule has 3 aromatic rings. The van der Waals surface area contributed by atoms with Gasteiger partial charge in [-0.15, -0.1) is 0 Å². The number of rotatable bonds is 5. The van der Waals surface area contributed by atoms with E-state index in [1.54, 1.807) is 4.52 Å². The summed E-state index contributed by atoms with van der Waals surface area (Å²) in [5, 5.41) is 16.4. The molecule has 1 aromatic carbocycles. The molecule has 1 N–H and O–H groups in total. The van der Waals surface area contributed by atoms with Gasteiger partial charge in [0.05, 0.1) is 6.20 Å². The Labute approximate surface area is 191 Å². The molecule has 170 valence electrons. The summed E-state index contributed by atoms with van der Waals surface area (Å²) in [6, 6.07) is 7.53. The Morgan fingerprint density at radius 3 is 2.58 bits per heavy atom. The number of aromatic nitrogens is 3. The van der Waals surface area contributed by atoms with Crippen LogP contribution < -0.4 is 5.32 Å². The number of carbonyl (C=O) groups excluding carboxylic acids is 2. The summed E-state index contributed by atoms with van der Waals surface area (Å²) in [5.74, 6) is -0.543. The van der Waals surface area contributed by atoms with Crippen LogP contribution in [0.4, 0.5) is 4.39 Å². The number of aryl methyl sites for hydroxylation is 2. The van der Waals surface area contributed by atoms with E-state index in [1.807, 2.05) is 18.7 Å². The average Bonchev–Trinajstić information content (AvgIpc) is 3.22. The van der Waals surface area contributed by atoms with Crippen molar-refractivity contribution in [2.45, 2.75) is 45.6 Å². The van der Waals surface area contributed by atoms with Crippen LogP contribution in [-0.2, 0) is 11.2 Å². The van der Waals surface area contributed by atoms with Gasteiger partial charge in [0.25, 0.3) is 5.91 Å². The molecule has 4 rings (SSSR count). The van der Waals surface area contributed by atoms with Crippen LogP contribution in [0.2, 0.25) is 0 Å². The van der Waals surface area contributed by atoms with Gasteiger partial charge in [-0.3, -0.25) is 9.59 Å². The molecule has 3 heterocycles. The number of hydrogen-bond acceptors (Lipinski definition) is 5. The molecule has 1 aliphatic rings. The number of fused-ring (bicyclic) bond motifs is 1. The molecule has 1 fully saturated rings. The molecule has 1 aliphatic heterocycles. The van der Waals surface area contributed by atoms with Gasteiger partial charge in [0.1, 0.15) is 17.4 Å². The molecule has 0 atom stereocenters. The molecular formula is C24H25FN6O2. The smallest absolute Gasteiger partial charge is 0.251 e. The number of amides is 2. The maximum absolute atomic E-state index is 13.0. The number of piperidine rings is 1. The van der Waals surface area contributed by atoms with Crippen LogP contribution in [-0.4, -0.2) is 50.4 Å². The molecule has 0 unspecified atom stereocenters. The van der Waals surface area contributed by atoms with E-state index in [0.29, 0.717) is 55.5 Å². The Kier molecular flexibility index (Phi) is 6.36. The van der Waals surface area contributed by atoms with E-state index in [2.05, 4.69) is 21.5 Å². The summed E-state index contributed by atoms with van der Waals surface area (Å²) >= 11 is 0. The quantitative estimate of drug-likeness (QED) is 0.646. The van der Waals surface area contributed by atoms with Crippen molar-refractivity contribution in [1.29, 1.82) is 5.26 Å². The third-order valence-electron chi connectivity index (χ3n) is 6.21. The van der Waals surface area contributed by atoms with E-state index < -0.39 is 0 Å². The first-order valence-corrected chi connectivity index (χ1v) is 11.0. The lowest BCUT2D eigenvalue weighted by Gasteiger charge is -2.32. The topological polar surface area (TPSA) is 103 Å². The monoisotopic (exact) mass is 448 g/mol. The first kappa shape index (κ1) is 22.4. The molecule has 8 nitrogen and oxygen atoms in total. The zero-order valence-electron chi connectivity index (χ0n) is 18.6. The Balaban J connectivity index is 1.31. The zero-order chi connectivity index (χ0) is 23.5. The van der Waals surface area contributed by atoms with Gasteiger partial charge in [-0.2, -0.15) is 10.4 Å². The standard InChI is InChI=1S/C24H25FN6O2/c1-15-21(16(2)31-23(28-15)18(13-26)14-27-31)7-8-22(32)30-11-9-20(10-12-30)29-24(33)17-3-5-19(25)6-4-17/h3-6,14,20H,7-12H2,1-2H3,(H,29,33). The highest BCUT2D eigenvalue weighted by atomic mass is 19.1. The van der Waals surface area contributed by atoms with Gasteiger partial charge in [0, 0.05) is 42.5 Å². The highest BCUT2D eigenvalue weighted by Crippen LogP contribution is 2.19. The fourth-order valence-corrected chi connectivity index (χ4v) is 4.28. The summed E-state index contributed by atoms with van der Waals surface area (Å²) < 4.78 is 14.7. The number of carbonyl (C=O) groups is 2. The van der Waals surface area contributed by atoms with E-state index >= 15 is 0 Å². The van der Waals surface area contributed by atoms with Crippen LogP contribution >= 0.6 is 0 Å². The Hall–Kier alpha value is -3.80. The number of likely N-dealkylation sites (tertiary alicyclic amines) is 1. The molecule has 9 heteroatoms. The lowest BCUT2D eigenvalue weighted by molar-refractivity contribution is -0.132. The van der Waals surface area contributed by atoms with Crippen molar-refractivity contribution in [1.82, 2.24) is 24.8 Å². The summed E-state index contributed by atoms with van der Waals surface area (Å²) in [4.78, 5) is 31.5. The summed E-state index contributed by atoms with van der Waals surface area (Å²) in [6.07, 6.45) is 3.75. The van der Waals surface area contributed by atoms with Gasteiger partial charge in [0.2, 0.25) is 5.91 Å². The molecule has 0 saturated carbocycles. The second kappa shape index (κ2) is 9.36. The lowest BCUT2D eigenvalue weighted by atomic mass is 10.0. The number of nitriles is 1. The van der Waals surface area contributed by atoms with Crippen molar-refractivity contribution in [3.8, 4) is 6.07 Å². The van der Waals surface area contributed by atoms with E-state index in [4.69, 9.17) is 0 Å². The Morgan fingerprint density at radius 2 is 1.91 bits per heavy atom. The number of benzene rings is 1. The Morgan fingerprint density at radius 1 is 1.21 bits per heavy atom. The molecule has 33 heavy (non-hydrogen) atoms. The largest absolute Gasteiger partial charge is 0.349 e. The third-order valence-corrected chi connectivity index (χ3v) is 6.21. The second-order valence-corrected chi connectivity index (χ2v) is 8.30. The number of halogens is 1. The van der Waals surface area contributed by atoms with Gasteiger partial charge >= 0.3 is 0 Å². The van der Waals surface area contributed by atoms with Gasteiger partial charge < -0.3 is 10.2 Å². The van der Waals surface area contributed by atoms with Crippen molar-refractivity contribution < 1.29 is 14.0 Å². The molecule has 2 aromatic heterocycles. The van der Waals surface area contributed by atoms with Crippen molar-refractivity contribution in [2.75, 3.05) is 13.1 Å². The maximum Gasteiger partial charge on any atom is 0.251 e. The minimum Gasteiger partial charge on any atom is -0.349 e. The predicted octanol–water partition coefficient (Wildman–Crippen LogP) is 2.71. The molecular weight excluding hydrogens is 423 g/mol. The fourth-order valence-electron chi connectivity index (χ4n) is 4.28. The van der Waals surface area contributed by atoms with Gasteiger partial charge in [0.15, 0.2) is 5.65 Å². The molecule has 0 bridgehead atoms. The van der Waals surface area contributed by atoms with Gasteiger partial charge in [-0.25, -0.2) is 13.9 Å². The highest BCUT2D eigenvalue weighted by molar-refractivity contribution is 5.94. The molecule has 0 spiro atoms. The van der Waals surface area contributed by atoms with Crippen LogP contribution in [0.1, 0.15) is 52.1 Å². The minimum atomic E-state index is -0.379. The first-order chi connectivity index (χ1) is 15.9. The van der Waals surface area contributed by atoms with E-state index in [0.717, 1.165) is 17.0 Å². The SMILES string of the molecule is Cc1nc2c(C#N)cnn2c(C)c1CCC(=O)N1CCC(NC(=O)c2ccc(F)cc2)CC1. The second-order valence-electron chi connectivity index (χ2n) is 8.30. The number of nitrogens with zero attached hydrogens (tertiary/aromatic N) is 5. The minimum absolute atomic E-state index is 0.0168. The first-order valence-electron chi connectivity index (χ1n) is 11.0. The van der Waals surface area contributed by atoms with E-state index in [-0.39, 0.29) is 23.7 Å². The van der Waals surface area contributed by atoms with Crippen molar-refractivity contribution in [3.05, 3.63) is 64.4 Å². The Bertz CT molecular complexity index is 1240. The lowest BCUT2D eigenvalue weighted by Crippen LogP contribution is -2.46. The van der Waals surface area contributed by atoms with Crippen molar-refractivity contribution in [3.63, 3.8) is 0 Å². The fraction of sp³-hybridized carbons (Fsp3) is 0.375. The summed E-state index contributed by atoms with van der Waals surface area (Å²) in [7, 11) is 0. The third kappa shape index (κ3) is 4.70. The molecule has 0 radical (unpaired) electrons. The van der Waals surface area contributed by atoms with Gasteiger partial charge in [-0.1, -0.05) is 0 Å². The van der Waals surface area contributed by atoms with Crippen LogP contribution in [0.25, 0.3) is 5.65 Å². The van der Waals surface area contributed by atoms with Crippen LogP contribution in [0.3, 0.4) is 0 Å². The zero-order valence-corrected chi connectivity index (χ0v) is 18.6. The molecule has 1 saturated heterocycles. The number of nitrogens with one attached hydrogen (secondary N) is 1. The highest BCUT2D eigenvalue weighted by Gasteiger charge is 2.24.